The molecule has 94 valence electrons. The van der Waals surface area contributed by atoms with Gasteiger partial charge in [0.1, 0.15) is 5.82 Å². The summed E-state index contributed by atoms with van der Waals surface area (Å²) >= 11 is 0. The first kappa shape index (κ1) is 11.8. The highest BCUT2D eigenvalue weighted by atomic mass is 16.4. The van der Waals surface area contributed by atoms with Crippen molar-refractivity contribution in [2.45, 2.75) is 26.3 Å². The van der Waals surface area contributed by atoms with Crippen molar-refractivity contribution < 1.29 is 9.90 Å². The van der Waals surface area contributed by atoms with Crippen molar-refractivity contribution in [1.29, 1.82) is 0 Å². The van der Waals surface area contributed by atoms with Gasteiger partial charge in [0.15, 0.2) is 0 Å². The number of nitrogen functional groups attached to an aromatic ring is 1. The minimum absolute atomic E-state index is 0.359. The summed E-state index contributed by atoms with van der Waals surface area (Å²) in [5.41, 5.74) is 6.53. The van der Waals surface area contributed by atoms with Crippen molar-refractivity contribution in [2.24, 2.45) is 5.92 Å². The monoisotopic (exact) mass is 238 g/mol. The van der Waals surface area contributed by atoms with Gasteiger partial charge in [-0.05, 0) is 12.8 Å². The second-order valence-corrected chi connectivity index (χ2v) is 4.54. The maximum Gasteiger partial charge on any atom is 0.308 e. The van der Waals surface area contributed by atoms with Gasteiger partial charge >= 0.3 is 5.97 Å². The maximum absolute atomic E-state index is 10.9. The van der Waals surface area contributed by atoms with E-state index >= 15 is 0 Å². The number of carbonyl (C=O) groups is 1. The quantitative estimate of drug-likeness (QED) is 0.810. The predicted octanol–water partition coefficient (Wildman–Crippen LogP) is 0.786. The van der Waals surface area contributed by atoms with Gasteiger partial charge < -0.3 is 15.7 Å². The molecule has 1 fully saturated rings. The molecule has 1 aromatic rings. The van der Waals surface area contributed by atoms with Crippen LogP contribution in [0.15, 0.2) is 6.20 Å². The summed E-state index contributed by atoms with van der Waals surface area (Å²) in [6, 6.07) is 0. The molecule has 1 unspecified atom stereocenters. The molecule has 1 aromatic heterocycles. The number of carboxylic acids is 1. The van der Waals surface area contributed by atoms with E-state index in [0.717, 1.165) is 31.7 Å². The highest BCUT2D eigenvalue weighted by Crippen LogP contribution is 2.27. The molecule has 0 radical (unpaired) electrons. The summed E-state index contributed by atoms with van der Waals surface area (Å²) in [5.74, 6) is -0.405. The van der Waals surface area contributed by atoms with Crippen LogP contribution in [0.3, 0.4) is 0 Å². The molecule has 1 aliphatic rings. The number of aromatic nitrogens is 2. The normalized spacial score (nSPS) is 17.4. The fraction of sp³-hybridized carbons (Fsp3) is 0.636. The zero-order valence-corrected chi connectivity index (χ0v) is 9.96. The molecule has 0 saturated carbocycles. The van der Waals surface area contributed by atoms with Crippen LogP contribution in [0.2, 0.25) is 0 Å². The van der Waals surface area contributed by atoms with Crippen LogP contribution < -0.4 is 10.6 Å². The standard InChI is InChI=1S/C11H18N4O2/c1-8(11(16)17)7-15-10(9(12)6-13-15)14-4-2-3-5-14/h6,8H,2-5,7,12H2,1H3,(H,16,17). The summed E-state index contributed by atoms with van der Waals surface area (Å²) in [4.78, 5) is 13.0. The topological polar surface area (TPSA) is 84.4 Å². The van der Waals surface area contributed by atoms with E-state index in [-0.39, 0.29) is 0 Å². The summed E-state index contributed by atoms with van der Waals surface area (Å²) in [7, 11) is 0. The molecule has 0 aromatic carbocycles. The second-order valence-electron chi connectivity index (χ2n) is 4.54. The van der Waals surface area contributed by atoms with E-state index in [1.165, 1.54) is 0 Å². The van der Waals surface area contributed by atoms with Gasteiger partial charge in [0.25, 0.3) is 0 Å². The first-order valence-electron chi connectivity index (χ1n) is 5.88. The molecule has 6 nitrogen and oxygen atoms in total. The fourth-order valence-corrected chi connectivity index (χ4v) is 2.14. The van der Waals surface area contributed by atoms with E-state index in [1.807, 2.05) is 0 Å². The van der Waals surface area contributed by atoms with Gasteiger partial charge in [-0.2, -0.15) is 5.10 Å². The number of nitrogens with two attached hydrogens (primary N) is 1. The van der Waals surface area contributed by atoms with Crippen molar-refractivity contribution in [3.63, 3.8) is 0 Å². The average Bonchev–Trinajstić information content (AvgIpc) is 2.88. The van der Waals surface area contributed by atoms with Gasteiger partial charge in [0, 0.05) is 13.1 Å². The van der Waals surface area contributed by atoms with Crippen LogP contribution in [0, 0.1) is 5.92 Å². The molecule has 17 heavy (non-hydrogen) atoms. The van der Waals surface area contributed by atoms with Gasteiger partial charge in [0.05, 0.1) is 24.3 Å². The Kier molecular flexibility index (Phi) is 3.21. The third-order valence-electron chi connectivity index (χ3n) is 3.11. The number of hydrogen-bond acceptors (Lipinski definition) is 4. The highest BCUT2D eigenvalue weighted by molar-refractivity contribution is 5.70. The van der Waals surface area contributed by atoms with Gasteiger partial charge in [-0.25, -0.2) is 4.68 Å². The first-order chi connectivity index (χ1) is 8.09. The van der Waals surface area contributed by atoms with E-state index < -0.39 is 11.9 Å². The molecule has 2 rings (SSSR count). The Morgan fingerprint density at radius 1 is 1.59 bits per heavy atom. The predicted molar refractivity (Wildman–Crippen MR) is 64.9 cm³/mol. The van der Waals surface area contributed by atoms with E-state index in [9.17, 15) is 4.79 Å². The Labute approximate surface area is 100 Å². The Balaban J connectivity index is 2.19. The summed E-state index contributed by atoms with van der Waals surface area (Å²) in [5, 5.41) is 13.1. The minimum atomic E-state index is -0.813. The minimum Gasteiger partial charge on any atom is -0.481 e. The zero-order chi connectivity index (χ0) is 12.4. The molecule has 6 heteroatoms. The molecule has 1 saturated heterocycles. The van der Waals surface area contributed by atoms with Gasteiger partial charge in [0.2, 0.25) is 0 Å². The van der Waals surface area contributed by atoms with E-state index in [0.29, 0.717) is 12.2 Å². The zero-order valence-electron chi connectivity index (χ0n) is 9.96. The molecular weight excluding hydrogens is 220 g/mol. The molecule has 0 bridgehead atoms. The fourth-order valence-electron chi connectivity index (χ4n) is 2.14. The lowest BCUT2D eigenvalue weighted by Gasteiger charge is -2.20. The second kappa shape index (κ2) is 4.65. The Bertz CT molecular complexity index is 410. The lowest BCUT2D eigenvalue weighted by molar-refractivity contribution is -0.141. The number of anilines is 2. The molecule has 0 amide bonds. The molecule has 1 atom stereocenters. The van der Waals surface area contributed by atoms with E-state index in [2.05, 4.69) is 10.00 Å². The van der Waals surface area contributed by atoms with Crippen LogP contribution in [0.5, 0.6) is 0 Å². The first-order valence-corrected chi connectivity index (χ1v) is 5.88. The van der Waals surface area contributed by atoms with E-state index in [4.69, 9.17) is 10.8 Å². The van der Waals surface area contributed by atoms with Crippen LogP contribution in [-0.4, -0.2) is 33.9 Å². The summed E-state index contributed by atoms with van der Waals surface area (Å²) in [6.45, 7) is 3.97. The third kappa shape index (κ3) is 2.35. The largest absolute Gasteiger partial charge is 0.481 e. The van der Waals surface area contributed by atoms with Crippen molar-refractivity contribution in [2.75, 3.05) is 23.7 Å². The Hall–Kier alpha value is -1.72. The third-order valence-corrected chi connectivity index (χ3v) is 3.11. The van der Waals surface area contributed by atoms with Crippen molar-refractivity contribution in [3.05, 3.63) is 6.20 Å². The maximum atomic E-state index is 10.9. The van der Waals surface area contributed by atoms with Crippen LogP contribution >= 0.6 is 0 Å². The molecular formula is C11H18N4O2. The molecule has 3 N–H and O–H groups in total. The average molecular weight is 238 g/mol. The van der Waals surface area contributed by atoms with Crippen LogP contribution in [0.25, 0.3) is 0 Å². The van der Waals surface area contributed by atoms with Crippen molar-refractivity contribution in [3.8, 4) is 0 Å². The number of hydrogen-bond donors (Lipinski definition) is 2. The number of nitrogens with zero attached hydrogens (tertiary/aromatic N) is 3. The summed E-state index contributed by atoms with van der Waals surface area (Å²) < 4.78 is 1.71. The van der Waals surface area contributed by atoms with Crippen molar-refractivity contribution >= 4 is 17.5 Å². The SMILES string of the molecule is CC(Cn1ncc(N)c1N1CCCC1)C(=O)O. The molecule has 0 spiro atoms. The number of rotatable bonds is 4. The Morgan fingerprint density at radius 2 is 2.24 bits per heavy atom. The van der Waals surface area contributed by atoms with Crippen molar-refractivity contribution in [1.82, 2.24) is 9.78 Å². The van der Waals surface area contributed by atoms with Crippen LogP contribution in [-0.2, 0) is 11.3 Å². The van der Waals surface area contributed by atoms with Gasteiger partial charge in [-0.15, -0.1) is 0 Å². The lowest BCUT2D eigenvalue weighted by atomic mass is 10.2. The molecule has 2 heterocycles. The lowest BCUT2D eigenvalue weighted by Crippen LogP contribution is -2.25. The molecule has 0 aliphatic carbocycles. The number of aliphatic carboxylic acids is 1. The Morgan fingerprint density at radius 3 is 2.82 bits per heavy atom. The smallest absolute Gasteiger partial charge is 0.308 e. The van der Waals surface area contributed by atoms with E-state index in [1.54, 1.807) is 17.8 Å². The number of carboxylic acid groups (broad SMARTS) is 1. The van der Waals surface area contributed by atoms with Crippen LogP contribution in [0.1, 0.15) is 19.8 Å². The molecule has 1 aliphatic heterocycles. The van der Waals surface area contributed by atoms with Gasteiger partial charge in [-0.3, -0.25) is 4.79 Å². The van der Waals surface area contributed by atoms with Crippen LogP contribution in [0.4, 0.5) is 11.5 Å². The summed E-state index contributed by atoms with van der Waals surface area (Å²) in [6.07, 6.45) is 3.90. The van der Waals surface area contributed by atoms with Gasteiger partial charge in [-0.1, -0.05) is 6.92 Å². The highest BCUT2D eigenvalue weighted by Gasteiger charge is 2.22.